The summed E-state index contributed by atoms with van der Waals surface area (Å²) >= 11 is 6.26. The Labute approximate surface area is 288 Å². The molecule has 1 aliphatic heterocycles. The lowest BCUT2D eigenvalue weighted by atomic mass is 10.0. The number of carbonyl (C=O) groups excluding carboxylic acids is 3. The van der Waals surface area contributed by atoms with Gasteiger partial charge >= 0.3 is 0 Å². The minimum Gasteiger partial charge on any atom is -0.493 e. The van der Waals surface area contributed by atoms with Gasteiger partial charge in [0.15, 0.2) is 23.1 Å². The van der Waals surface area contributed by atoms with Gasteiger partial charge in [0, 0.05) is 49.5 Å². The Morgan fingerprint density at radius 2 is 1.73 bits per heavy atom. The maximum atomic E-state index is 15.4. The van der Waals surface area contributed by atoms with E-state index in [0.717, 1.165) is 37.6 Å². The summed E-state index contributed by atoms with van der Waals surface area (Å²) in [5, 5.41) is 9.08. The molecule has 0 atom stereocenters. The lowest BCUT2D eigenvalue weighted by molar-refractivity contribution is -0.131. The molecule has 0 bridgehead atoms. The maximum Gasteiger partial charge on any atom is 0.240 e. The number of ether oxygens (including phenoxy) is 3. The molecule has 49 heavy (non-hydrogen) atoms. The number of hydrogen-bond donors (Lipinski definition) is 3. The van der Waals surface area contributed by atoms with Crippen molar-refractivity contribution in [1.82, 2.24) is 15.2 Å². The molecule has 0 unspecified atom stereocenters. The normalized spacial score (nSPS) is 15.7. The molecule has 0 radical (unpaired) electrons. The second kappa shape index (κ2) is 14.3. The quantitative estimate of drug-likeness (QED) is 0.162. The van der Waals surface area contributed by atoms with E-state index in [0.29, 0.717) is 58.2 Å². The molecule has 1 saturated heterocycles. The van der Waals surface area contributed by atoms with Crippen LogP contribution in [0.4, 0.5) is 15.8 Å². The summed E-state index contributed by atoms with van der Waals surface area (Å²) in [5.41, 5.74) is 0.720. The molecule has 1 saturated carbocycles. The number of aryl methyl sites for hydroxylation is 1. The molecule has 3 N–H and O–H groups in total. The number of benzene rings is 3. The van der Waals surface area contributed by atoms with Gasteiger partial charge in [0.25, 0.3) is 0 Å². The van der Waals surface area contributed by atoms with Gasteiger partial charge in [-0.05, 0) is 68.5 Å². The summed E-state index contributed by atoms with van der Waals surface area (Å²) in [6.45, 7) is 3.64. The Balaban J connectivity index is 1.12. The summed E-state index contributed by atoms with van der Waals surface area (Å²) in [6.07, 6.45) is 3.72. The maximum absolute atomic E-state index is 15.4. The molecule has 3 aromatic carbocycles. The molecule has 1 aromatic heterocycles. The fraction of sp³-hybridized carbons (Fsp3) is 0.333. The second-order valence-corrected chi connectivity index (χ2v) is 12.7. The van der Waals surface area contributed by atoms with Gasteiger partial charge in [0.1, 0.15) is 17.3 Å². The average molecular weight is 690 g/mol. The number of anilines is 2. The molecule has 4 aromatic rings. The van der Waals surface area contributed by atoms with Crippen molar-refractivity contribution in [2.75, 3.05) is 44.4 Å². The Hall–Kier alpha value is -4.94. The van der Waals surface area contributed by atoms with Gasteiger partial charge in [-0.15, -0.1) is 0 Å². The molecular formula is C36H37ClFN5O6. The van der Waals surface area contributed by atoms with Gasteiger partial charge in [-0.1, -0.05) is 23.7 Å². The molecule has 6 rings (SSSR count). The van der Waals surface area contributed by atoms with Crippen molar-refractivity contribution in [3.8, 4) is 23.0 Å². The van der Waals surface area contributed by atoms with Crippen molar-refractivity contribution < 1.29 is 33.0 Å². The van der Waals surface area contributed by atoms with Crippen molar-refractivity contribution in [2.45, 2.75) is 38.7 Å². The van der Waals surface area contributed by atoms with E-state index in [9.17, 15) is 14.4 Å². The van der Waals surface area contributed by atoms with Crippen LogP contribution in [-0.2, 0) is 14.4 Å². The molecular weight excluding hydrogens is 653 g/mol. The smallest absolute Gasteiger partial charge is 0.240 e. The third-order valence-corrected chi connectivity index (χ3v) is 9.27. The van der Waals surface area contributed by atoms with Gasteiger partial charge in [0.2, 0.25) is 17.7 Å². The fourth-order valence-electron chi connectivity index (χ4n) is 5.85. The van der Waals surface area contributed by atoms with Crippen molar-refractivity contribution in [2.24, 2.45) is 5.41 Å². The number of carbonyl (C=O) groups is 3. The van der Waals surface area contributed by atoms with E-state index in [4.69, 9.17) is 25.8 Å². The van der Waals surface area contributed by atoms with Gasteiger partial charge < -0.3 is 30.2 Å². The Kier molecular flexibility index (Phi) is 9.89. The van der Waals surface area contributed by atoms with Crippen LogP contribution in [0.25, 0.3) is 10.9 Å². The number of likely N-dealkylation sites (N-methyl/N-ethyl adjacent to an activating group) is 1. The summed E-state index contributed by atoms with van der Waals surface area (Å²) in [6, 6.07) is 14.5. The number of nitrogens with zero attached hydrogens (tertiary/aromatic N) is 2. The molecule has 11 nitrogen and oxygen atoms in total. The molecule has 13 heteroatoms. The molecule has 2 aliphatic rings. The minimum absolute atomic E-state index is 0.0178. The van der Waals surface area contributed by atoms with Crippen LogP contribution in [0, 0.1) is 18.2 Å². The zero-order valence-electron chi connectivity index (χ0n) is 27.4. The summed E-state index contributed by atoms with van der Waals surface area (Å²) in [4.78, 5) is 44.6. The van der Waals surface area contributed by atoms with Gasteiger partial charge in [-0.2, -0.15) is 0 Å². The number of piperidine rings is 1. The minimum atomic E-state index is -1.26. The van der Waals surface area contributed by atoms with Gasteiger partial charge in [-0.25, -0.2) is 4.39 Å². The van der Waals surface area contributed by atoms with Crippen molar-refractivity contribution in [1.29, 1.82) is 0 Å². The number of rotatable bonds is 11. The van der Waals surface area contributed by atoms with Crippen LogP contribution in [0.2, 0.25) is 5.02 Å². The first kappa shape index (κ1) is 33.9. The van der Waals surface area contributed by atoms with Crippen molar-refractivity contribution in [3.63, 3.8) is 0 Å². The summed E-state index contributed by atoms with van der Waals surface area (Å²) in [5.74, 6) is -0.438. The summed E-state index contributed by atoms with van der Waals surface area (Å²) in [7, 11) is 3.17. The van der Waals surface area contributed by atoms with E-state index in [1.807, 2.05) is 13.0 Å². The van der Waals surface area contributed by atoms with Crippen LogP contribution in [-0.4, -0.2) is 67.5 Å². The monoisotopic (exact) mass is 689 g/mol. The van der Waals surface area contributed by atoms with Crippen LogP contribution in [0.1, 0.15) is 31.2 Å². The molecule has 2 fully saturated rings. The Morgan fingerprint density at radius 1 is 0.980 bits per heavy atom. The van der Waals surface area contributed by atoms with Gasteiger partial charge in [-0.3, -0.25) is 24.3 Å². The predicted octanol–water partition coefficient (Wildman–Crippen LogP) is 6.08. The highest BCUT2D eigenvalue weighted by atomic mass is 35.5. The molecule has 0 spiro atoms. The molecule has 3 amide bonds. The highest BCUT2D eigenvalue weighted by Crippen LogP contribution is 2.48. The third-order valence-electron chi connectivity index (χ3n) is 8.95. The number of hydrogen-bond acceptors (Lipinski definition) is 8. The number of halogens is 2. The fourth-order valence-corrected chi connectivity index (χ4v) is 6.12. The van der Waals surface area contributed by atoms with Crippen LogP contribution in [0.15, 0.2) is 60.8 Å². The zero-order chi connectivity index (χ0) is 34.7. The van der Waals surface area contributed by atoms with Crippen LogP contribution < -0.4 is 30.2 Å². The standard InChI is InChI=1S/C36H37ClFN5O6/c1-21-5-4-6-25(37)33(21)42-35(46)36(12-13-36)34(45)41-22-7-8-29(26(38)17-22)49-28-9-14-40-27-19-31(30(47-3)18-24(27)28)48-23-10-15-43(16-11-23)20-32(44)39-2/h4-9,14,17-19,23H,10-13,15-16,20H2,1-3H3,(H,39,44)(H,41,45)(H,42,46). The Bertz CT molecular complexity index is 1890. The lowest BCUT2D eigenvalue weighted by Crippen LogP contribution is -2.43. The molecule has 2 heterocycles. The highest BCUT2D eigenvalue weighted by Gasteiger charge is 2.56. The number of amides is 3. The number of nitrogens with one attached hydrogen (secondary N) is 3. The Morgan fingerprint density at radius 3 is 2.41 bits per heavy atom. The first-order chi connectivity index (χ1) is 23.6. The summed E-state index contributed by atoms with van der Waals surface area (Å²) < 4.78 is 33.3. The van der Waals surface area contributed by atoms with Crippen LogP contribution >= 0.6 is 11.6 Å². The van der Waals surface area contributed by atoms with E-state index < -0.39 is 23.0 Å². The zero-order valence-corrected chi connectivity index (χ0v) is 28.2. The van der Waals surface area contributed by atoms with Crippen LogP contribution in [0.5, 0.6) is 23.0 Å². The van der Waals surface area contributed by atoms with Gasteiger partial charge in [0.05, 0.1) is 29.9 Å². The molecule has 256 valence electrons. The highest BCUT2D eigenvalue weighted by molar-refractivity contribution is 6.34. The van der Waals surface area contributed by atoms with E-state index in [-0.39, 0.29) is 23.4 Å². The second-order valence-electron chi connectivity index (χ2n) is 12.3. The van der Waals surface area contributed by atoms with Crippen LogP contribution in [0.3, 0.4) is 0 Å². The first-order valence-electron chi connectivity index (χ1n) is 16.0. The largest absolute Gasteiger partial charge is 0.493 e. The third kappa shape index (κ3) is 7.40. The number of likely N-dealkylation sites (tertiary alicyclic amines) is 1. The van der Waals surface area contributed by atoms with E-state index in [1.54, 1.807) is 43.6 Å². The number of aromatic nitrogens is 1. The van der Waals surface area contributed by atoms with E-state index in [1.165, 1.54) is 19.2 Å². The van der Waals surface area contributed by atoms with E-state index >= 15 is 4.39 Å². The topological polar surface area (TPSA) is 131 Å². The van der Waals surface area contributed by atoms with Crippen molar-refractivity contribution in [3.05, 3.63) is 77.2 Å². The number of methoxy groups -OCH3 is 1. The average Bonchev–Trinajstić information content (AvgIpc) is 3.91. The number of pyridine rings is 1. The lowest BCUT2D eigenvalue weighted by Gasteiger charge is -2.31. The number of para-hydroxylation sites is 1. The van der Waals surface area contributed by atoms with E-state index in [2.05, 4.69) is 25.8 Å². The first-order valence-corrected chi connectivity index (χ1v) is 16.4. The SMILES string of the molecule is CNC(=O)CN1CCC(Oc2cc3nccc(Oc4ccc(NC(=O)C5(C(=O)Nc6c(C)cccc6Cl)CC5)cc4F)c3cc2OC)CC1. The molecule has 1 aliphatic carbocycles. The number of fused-ring (bicyclic) bond motifs is 1. The van der Waals surface area contributed by atoms with Crippen molar-refractivity contribution >= 4 is 51.6 Å². The predicted molar refractivity (Wildman–Crippen MR) is 184 cm³/mol.